The van der Waals surface area contributed by atoms with Gasteiger partial charge in [-0.1, -0.05) is 77.6 Å². The molecule has 0 spiro atoms. The molecule has 1 heterocycles. The number of nitrogens with zero attached hydrogens (tertiary/aromatic N) is 1. The van der Waals surface area contributed by atoms with E-state index in [1.165, 1.54) is 64.2 Å². The van der Waals surface area contributed by atoms with Gasteiger partial charge in [-0.3, -0.25) is 4.79 Å². The Morgan fingerprint density at radius 2 is 1.56 bits per heavy atom. The minimum absolute atomic E-state index is 0.161. The van der Waals surface area contributed by atoms with Gasteiger partial charge >= 0.3 is 5.97 Å². The van der Waals surface area contributed by atoms with E-state index < -0.39 is 0 Å². The number of hydrogen-bond donors (Lipinski definition) is 0. The number of rotatable bonds is 13. The standard InChI is InChI=1S/C23H41NO3/c1-2-3-4-5-6-7-8-11-19-27-23(26)21-15-12-18-24(21)22(25)17-16-20-13-9-10-14-20/h20-21H,2-19H2,1H3. The highest BCUT2D eigenvalue weighted by molar-refractivity contribution is 5.85. The van der Waals surface area contributed by atoms with Crippen LogP contribution in [0.25, 0.3) is 0 Å². The highest BCUT2D eigenvalue weighted by Crippen LogP contribution is 2.29. The molecule has 1 aliphatic carbocycles. The Morgan fingerprint density at radius 3 is 2.26 bits per heavy atom. The largest absolute Gasteiger partial charge is 0.464 e. The van der Waals surface area contributed by atoms with Gasteiger partial charge in [0.2, 0.25) is 5.91 Å². The Morgan fingerprint density at radius 1 is 0.889 bits per heavy atom. The molecule has 2 aliphatic rings. The first-order chi connectivity index (χ1) is 13.2. The van der Waals surface area contributed by atoms with E-state index in [-0.39, 0.29) is 17.9 Å². The second-order valence-corrected chi connectivity index (χ2v) is 8.58. The lowest BCUT2D eigenvalue weighted by molar-refractivity contribution is -0.153. The summed E-state index contributed by atoms with van der Waals surface area (Å²) in [5.41, 5.74) is 0. The molecule has 1 saturated heterocycles. The van der Waals surface area contributed by atoms with Crippen molar-refractivity contribution in [2.24, 2.45) is 5.92 Å². The van der Waals surface area contributed by atoms with Crippen LogP contribution in [0, 0.1) is 5.92 Å². The molecule has 1 atom stereocenters. The summed E-state index contributed by atoms with van der Waals surface area (Å²) in [7, 11) is 0. The van der Waals surface area contributed by atoms with Crippen LogP contribution in [0.4, 0.5) is 0 Å². The predicted molar refractivity (Wildman–Crippen MR) is 109 cm³/mol. The number of esters is 1. The third-order valence-electron chi connectivity index (χ3n) is 6.33. The summed E-state index contributed by atoms with van der Waals surface area (Å²) in [6.07, 6.45) is 18.4. The van der Waals surface area contributed by atoms with Crippen molar-refractivity contribution in [1.82, 2.24) is 4.90 Å². The van der Waals surface area contributed by atoms with Gasteiger partial charge in [0.1, 0.15) is 6.04 Å². The first kappa shape index (κ1) is 22.2. The van der Waals surface area contributed by atoms with Crippen LogP contribution < -0.4 is 0 Å². The molecule has 2 fully saturated rings. The van der Waals surface area contributed by atoms with Crippen molar-refractivity contribution in [3.8, 4) is 0 Å². The fraction of sp³-hybridized carbons (Fsp3) is 0.913. The monoisotopic (exact) mass is 379 g/mol. The smallest absolute Gasteiger partial charge is 0.328 e. The van der Waals surface area contributed by atoms with Crippen LogP contribution in [0.3, 0.4) is 0 Å². The Bertz CT molecular complexity index is 431. The van der Waals surface area contributed by atoms with E-state index in [0.717, 1.165) is 44.6 Å². The maximum Gasteiger partial charge on any atom is 0.328 e. The van der Waals surface area contributed by atoms with E-state index in [1.54, 1.807) is 4.90 Å². The molecule has 0 aromatic carbocycles. The topological polar surface area (TPSA) is 46.6 Å². The van der Waals surface area contributed by atoms with E-state index in [2.05, 4.69) is 6.92 Å². The minimum Gasteiger partial charge on any atom is -0.464 e. The summed E-state index contributed by atoms with van der Waals surface area (Å²) in [5.74, 6) is 0.710. The van der Waals surface area contributed by atoms with Crippen molar-refractivity contribution < 1.29 is 14.3 Å². The summed E-state index contributed by atoms with van der Waals surface area (Å²) in [6.45, 7) is 3.47. The van der Waals surface area contributed by atoms with E-state index in [1.807, 2.05) is 0 Å². The molecule has 1 saturated carbocycles. The summed E-state index contributed by atoms with van der Waals surface area (Å²) in [5, 5.41) is 0. The molecule has 1 unspecified atom stereocenters. The Balaban J connectivity index is 1.56. The van der Waals surface area contributed by atoms with Crippen LogP contribution in [-0.2, 0) is 14.3 Å². The van der Waals surface area contributed by atoms with Gasteiger partial charge < -0.3 is 9.64 Å². The first-order valence-electron chi connectivity index (χ1n) is 11.7. The average molecular weight is 380 g/mol. The van der Waals surface area contributed by atoms with Crippen LogP contribution in [-0.4, -0.2) is 36.0 Å². The molecule has 2 rings (SSSR count). The molecular weight excluding hydrogens is 338 g/mol. The molecule has 0 N–H and O–H groups in total. The summed E-state index contributed by atoms with van der Waals surface area (Å²) in [4.78, 5) is 26.8. The second-order valence-electron chi connectivity index (χ2n) is 8.58. The molecule has 4 heteroatoms. The van der Waals surface area contributed by atoms with Crippen LogP contribution in [0.15, 0.2) is 0 Å². The third kappa shape index (κ3) is 8.23. The lowest BCUT2D eigenvalue weighted by Gasteiger charge is -2.24. The summed E-state index contributed by atoms with van der Waals surface area (Å²) in [6, 6.07) is -0.324. The van der Waals surface area contributed by atoms with Crippen LogP contribution in [0.5, 0.6) is 0 Å². The highest BCUT2D eigenvalue weighted by atomic mass is 16.5. The van der Waals surface area contributed by atoms with Crippen molar-refractivity contribution >= 4 is 11.9 Å². The fourth-order valence-corrected chi connectivity index (χ4v) is 4.59. The fourth-order valence-electron chi connectivity index (χ4n) is 4.59. The maximum atomic E-state index is 12.6. The van der Waals surface area contributed by atoms with Gasteiger partial charge in [-0.2, -0.15) is 0 Å². The van der Waals surface area contributed by atoms with Crippen molar-refractivity contribution in [1.29, 1.82) is 0 Å². The van der Waals surface area contributed by atoms with Crippen molar-refractivity contribution in [2.45, 2.75) is 116 Å². The zero-order valence-electron chi connectivity index (χ0n) is 17.6. The van der Waals surface area contributed by atoms with E-state index in [0.29, 0.717) is 13.0 Å². The van der Waals surface area contributed by atoms with Gasteiger partial charge in [0, 0.05) is 13.0 Å². The van der Waals surface area contributed by atoms with E-state index >= 15 is 0 Å². The van der Waals surface area contributed by atoms with Gasteiger partial charge in [0.05, 0.1) is 6.61 Å². The molecule has 0 aromatic heterocycles. The number of ether oxygens (including phenoxy) is 1. The van der Waals surface area contributed by atoms with Crippen LogP contribution in [0.2, 0.25) is 0 Å². The number of hydrogen-bond acceptors (Lipinski definition) is 3. The lowest BCUT2D eigenvalue weighted by atomic mass is 10.0. The predicted octanol–water partition coefficient (Wildman–Crippen LogP) is 5.63. The van der Waals surface area contributed by atoms with Crippen LogP contribution in [0.1, 0.15) is 110 Å². The Hall–Kier alpha value is -1.06. The Labute approximate surface area is 166 Å². The maximum absolute atomic E-state index is 12.6. The zero-order chi connectivity index (χ0) is 19.3. The lowest BCUT2D eigenvalue weighted by Crippen LogP contribution is -2.41. The molecular formula is C23H41NO3. The average Bonchev–Trinajstić information content (AvgIpc) is 3.36. The molecule has 0 aromatic rings. The second kappa shape index (κ2) is 13.2. The SMILES string of the molecule is CCCCCCCCCCOC(=O)C1CCCN1C(=O)CCC1CCCC1. The van der Waals surface area contributed by atoms with Gasteiger partial charge in [0.15, 0.2) is 0 Å². The molecule has 156 valence electrons. The van der Waals surface area contributed by atoms with E-state index in [9.17, 15) is 9.59 Å². The molecule has 0 radical (unpaired) electrons. The number of likely N-dealkylation sites (tertiary alicyclic amines) is 1. The van der Waals surface area contributed by atoms with Crippen molar-refractivity contribution in [3.63, 3.8) is 0 Å². The quantitative estimate of drug-likeness (QED) is 0.308. The highest BCUT2D eigenvalue weighted by Gasteiger charge is 2.35. The summed E-state index contributed by atoms with van der Waals surface area (Å²) < 4.78 is 5.50. The van der Waals surface area contributed by atoms with Crippen molar-refractivity contribution in [2.75, 3.05) is 13.2 Å². The van der Waals surface area contributed by atoms with Gasteiger partial charge in [0.25, 0.3) is 0 Å². The molecule has 4 nitrogen and oxygen atoms in total. The number of amides is 1. The Kier molecular flexibility index (Phi) is 10.8. The molecule has 27 heavy (non-hydrogen) atoms. The first-order valence-corrected chi connectivity index (χ1v) is 11.7. The molecule has 1 amide bonds. The minimum atomic E-state index is -0.324. The zero-order valence-corrected chi connectivity index (χ0v) is 17.6. The third-order valence-corrected chi connectivity index (χ3v) is 6.33. The molecule has 1 aliphatic heterocycles. The van der Waals surface area contributed by atoms with Crippen molar-refractivity contribution in [3.05, 3.63) is 0 Å². The number of unbranched alkanes of at least 4 members (excludes halogenated alkanes) is 7. The number of carbonyl (C=O) groups excluding carboxylic acids is 2. The van der Waals surface area contributed by atoms with Gasteiger partial charge in [-0.15, -0.1) is 0 Å². The van der Waals surface area contributed by atoms with Gasteiger partial charge in [-0.25, -0.2) is 4.79 Å². The van der Waals surface area contributed by atoms with E-state index in [4.69, 9.17) is 4.74 Å². The summed E-state index contributed by atoms with van der Waals surface area (Å²) >= 11 is 0. The van der Waals surface area contributed by atoms with Gasteiger partial charge in [-0.05, 0) is 31.6 Å². The molecule has 0 bridgehead atoms. The normalized spacial score (nSPS) is 20.3. The number of carbonyl (C=O) groups is 2. The van der Waals surface area contributed by atoms with Crippen LogP contribution >= 0.6 is 0 Å².